The van der Waals surface area contributed by atoms with Crippen LogP contribution < -0.4 is 5.32 Å². The Morgan fingerprint density at radius 2 is 2.10 bits per heavy atom. The molecular weight excluding hydrogens is 288 g/mol. The van der Waals surface area contributed by atoms with Crippen LogP contribution in [0.1, 0.15) is 38.1 Å². The van der Waals surface area contributed by atoms with Gasteiger partial charge in [0.25, 0.3) is 0 Å². The zero-order valence-electron chi connectivity index (χ0n) is 12.7. The van der Waals surface area contributed by atoms with E-state index < -0.39 is 0 Å². The molecule has 1 fully saturated rings. The van der Waals surface area contributed by atoms with E-state index in [4.69, 9.17) is 4.74 Å². The van der Waals surface area contributed by atoms with Crippen LogP contribution in [0.25, 0.3) is 0 Å². The maximum atomic E-state index is 12.5. The molecule has 3 atom stereocenters. The number of nitrogens with zero attached hydrogens (tertiary/aromatic N) is 1. The average Bonchev–Trinajstić information content (AvgIpc) is 2.89. The number of ether oxygens (including phenoxy) is 1. The van der Waals surface area contributed by atoms with Gasteiger partial charge < -0.3 is 15.0 Å². The molecule has 116 valence electrons. The number of hydrogen-bond donors (Lipinski definition) is 1. The predicted octanol–water partition coefficient (Wildman–Crippen LogP) is 1.95. The Kier molecular flexibility index (Phi) is 5.36. The van der Waals surface area contributed by atoms with Gasteiger partial charge >= 0.3 is 0 Å². The molecule has 0 aromatic carbocycles. The Balaban J connectivity index is 2.02. The molecule has 0 unspecified atom stereocenters. The van der Waals surface area contributed by atoms with Crippen LogP contribution in [0.5, 0.6) is 0 Å². The third kappa shape index (κ3) is 4.54. The third-order valence-electron chi connectivity index (χ3n) is 3.42. The third-order valence-corrected chi connectivity index (χ3v) is 4.40. The lowest BCUT2D eigenvalue weighted by Crippen LogP contribution is -2.49. The van der Waals surface area contributed by atoms with Crippen LogP contribution >= 0.6 is 11.3 Å². The fourth-order valence-electron chi connectivity index (χ4n) is 2.64. The second-order valence-corrected chi connectivity index (χ2v) is 6.51. The molecule has 2 rings (SSSR count). The summed E-state index contributed by atoms with van der Waals surface area (Å²) in [6.07, 6.45) is 0.400. The second-order valence-electron chi connectivity index (χ2n) is 5.53. The Morgan fingerprint density at radius 3 is 2.62 bits per heavy atom. The smallest absolute Gasteiger partial charge is 0.225 e. The minimum absolute atomic E-state index is 0.0543. The van der Waals surface area contributed by atoms with Gasteiger partial charge in [-0.05, 0) is 25.3 Å². The molecule has 21 heavy (non-hydrogen) atoms. The minimum Gasteiger partial charge on any atom is -0.372 e. The molecule has 1 aliphatic rings. The highest BCUT2D eigenvalue weighted by Gasteiger charge is 2.28. The highest BCUT2D eigenvalue weighted by molar-refractivity contribution is 7.10. The summed E-state index contributed by atoms with van der Waals surface area (Å²) in [4.78, 5) is 26.7. The number of hydrogen-bond acceptors (Lipinski definition) is 4. The van der Waals surface area contributed by atoms with Gasteiger partial charge in [-0.25, -0.2) is 0 Å². The van der Waals surface area contributed by atoms with E-state index in [2.05, 4.69) is 5.32 Å². The molecule has 1 aliphatic heterocycles. The van der Waals surface area contributed by atoms with Crippen molar-refractivity contribution >= 4 is 23.2 Å². The van der Waals surface area contributed by atoms with Crippen LogP contribution in [0.15, 0.2) is 17.5 Å². The van der Waals surface area contributed by atoms with Gasteiger partial charge in [-0.15, -0.1) is 11.3 Å². The first-order valence-electron chi connectivity index (χ1n) is 7.19. The molecule has 0 saturated carbocycles. The Hall–Kier alpha value is -1.40. The SMILES string of the molecule is CC(=O)N[C@H](CC(=O)N1C[C@@H](C)O[C@@H](C)C1)c1cccs1. The summed E-state index contributed by atoms with van der Waals surface area (Å²) in [5.41, 5.74) is 0. The van der Waals surface area contributed by atoms with Crippen molar-refractivity contribution in [2.24, 2.45) is 0 Å². The summed E-state index contributed by atoms with van der Waals surface area (Å²) >= 11 is 1.55. The highest BCUT2D eigenvalue weighted by atomic mass is 32.1. The van der Waals surface area contributed by atoms with Crippen molar-refractivity contribution in [3.05, 3.63) is 22.4 Å². The van der Waals surface area contributed by atoms with E-state index in [0.717, 1.165) is 4.88 Å². The van der Waals surface area contributed by atoms with E-state index >= 15 is 0 Å². The molecule has 5 nitrogen and oxygen atoms in total. The molecule has 0 spiro atoms. The monoisotopic (exact) mass is 310 g/mol. The highest BCUT2D eigenvalue weighted by Crippen LogP contribution is 2.23. The molecule has 0 aliphatic carbocycles. The van der Waals surface area contributed by atoms with Crippen molar-refractivity contribution in [1.29, 1.82) is 0 Å². The Bertz CT molecular complexity index is 479. The van der Waals surface area contributed by atoms with Gasteiger partial charge in [-0.1, -0.05) is 6.07 Å². The summed E-state index contributed by atoms with van der Waals surface area (Å²) in [6.45, 7) is 6.64. The molecular formula is C15H22N2O3S. The number of rotatable bonds is 4. The fraction of sp³-hybridized carbons (Fsp3) is 0.600. The molecule has 2 amide bonds. The van der Waals surface area contributed by atoms with Gasteiger partial charge in [-0.2, -0.15) is 0 Å². The number of morpholine rings is 1. The molecule has 1 saturated heterocycles. The minimum atomic E-state index is -0.247. The molecule has 0 bridgehead atoms. The van der Waals surface area contributed by atoms with Crippen LogP contribution in [-0.4, -0.2) is 42.0 Å². The lowest BCUT2D eigenvalue weighted by molar-refractivity contribution is -0.143. The molecule has 1 aromatic heterocycles. The van der Waals surface area contributed by atoms with Gasteiger partial charge in [0.05, 0.1) is 24.7 Å². The van der Waals surface area contributed by atoms with Crippen LogP contribution in [0, 0.1) is 0 Å². The number of thiophene rings is 1. The summed E-state index contributed by atoms with van der Waals surface area (Å²) in [7, 11) is 0. The molecule has 0 radical (unpaired) electrons. The van der Waals surface area contributed by atoms with Crippen LogP contribution in [0.2, 0.25) is 0 Å². The van der Waals surface area contributed by atoms with Gasteiger partial charge in [0, 0.05) is 24.9 Å². The van der Waals surface area contributed by atoms with Crippen molar-refractivity contribution in [3.8, 4) is 0 Å². The summed E-state index contributed by atoms with van der Waals surface area (Å²) < 4.78 is 5.65. The standard InChI is InChI=1S/C15H22N2O3S/c1-10-8-17(9-11(2)20-10)15(19)7-13(16-12(3)18)14-5-4-6-21-14/h4-6,10-11,13H,7-9H2,1-3H3,(H,16,18)/t10-,11+,13-/m1/s1. The first-order valence-corrected chi connectivity index (χ1v) is 8.07. The summed E-state index contributed by atoms with van der Waals surface area (Å²) in [5.74, 6) is -0.0611. The van der Waals surface area contributed by atoms with E-state index in [1.165, 1.54) is 6.92 Å². The van der Waals surface area contributed by atoms with Crippen LogP contribution in [0.3, 0.4) is 0 Å². The van der Waals surface area contributed by atoms with Crippen LogP contribution in [-0.2, 0) is 14.3 Å². The van der Waals surface area contributed by atoms with E-state index in [9.17, 15) is 9.59 Å². The number of carbonyl (C=O) groups is 2. The molecule has 6 heteroatoms. The maximum absolute atomic E-state index is 12.5. The second kappa shape index (κ2) is 7.04. The maximum Gasteiger partial charge on any atom is 0.225 e. The average molecular weight is 310 g/mol. The zero-order chi connectivity index (χ0) is 15.4. The normalized spacial score (nSPS) is 23.7. The van der Waals surface area contributed by atoms with E-state index in [1.807, 2.05) is 36.3 Å². The Morgan fingerprint density at radius 1 is 1.43 bits per heavy atom. The quantitative estimate of drug-likeness (QED) is 0.925. The van der Waals surface area contributed by atoms with Gasteiger partial charge in [-0.3, -0.25) is 9.59 Å². The molecule has 1 N–H and O–H groups in total. The largest absolute Gasteiger partial charge is 0.372 e. The lowest BCUT2D eigenvalue weighted by atomic mass is 10.1. The van der Waals surface area contributed by atoms with E-state index in [1.54, 1.807) is 11.3 Å². The van der Waals surface area contributed by atoms with Crippen molar-refractivity contribution < 1.29 is 14.3 Å². The number of amides is 2. The first kappa shape index (κ1) is 16.0. The summed E-state index contributed by atoms with van der Waals surface area (Å²) in [6, 6.07) is 3.63. The van der Waals surface area contributed by atoms with Crippen molar-refractivity contribution in [2.75, 3.05) is 13.1 Å². The van der Waals surface area contributed by atoms with E-state index in [0.29, 0.717) is 19.5 Å². The fourth-order valence-corrected chi connectivity index (χ4v) is 3.42. The predicted molar refractivity (Wildman–Crippen MR) is 82.1 cm³/mol. The number of nitrogens with one attached hydrogen (secondary N) is 1. The first-order chi connectivity index (χ1) is 9.95. The van der Waals surface area contributed by atoms with Crippen molar-refractivity contribution in [2.45, 2.75) is 45.4 Å². The molecule has 1 aromatic rings. The topological polar surface area (TPSA) is 58.6 Å². The van der Waals surface area contributed by atoms with E-state index in [-0.39, 0.29) is 30.1 Å². The number of carbonyl (C=O) groups excluding carboxylic acids is 2. The molecule has 2 heterocycles. The van der Waals surface area contributed by atoms with Gasteiger partial charge in [0.2, 0.25) is 11.8 Å². The summed E-state index contributed by atoms with van der Waals surface area (Å²) in [5, 5.41) is 4.82. The van der Waals surface area contributed by atoms with Crippen LogP contribution in [0.4, 0.5) is 0 Å². The van der Waals surface area contributed by atoms with Crippen molar-refractivity contribution in [3.63, 3.8) is 0 Å². The Labute approximate surface area is 129 Å². The van der Waals surface area contributed by atoms with Crippen molar-refractivity contribution in [1.82, 2.24) is 10.2 Å². The zero-order valence-corrected chi connectivity index (χ0v) is 13.5. The van der Waals surface area contributed by atoms with Gasteiger partial charge in [0.15, 0.2) is 0 Å². The lowest BCUT2D eigenvalue weighted by Gasteiger charge is -2.36. The van der Waals surface area contributed by atoms with Gasteiger partial charge in [0.1, 0.15) is 0 Å².